The number of nitrogens with zero attached hydrogens (tertiary/aromatic N) is 1. The van der Waals surface area contributed by atoms with Gasteiger partial charge in [-0.2, -0.15) is 0 Å². The number of ether oxygens (including phenoxy) is 2. The lowest BCUT2D eigenvalue weighted by atomic mass is 9.78. The number of halogens is 1. The Morgan fingerprint density at radius 3 is 2.56 bits per heavy atom. The Bertz CT molecular complexity index is 1030. The molecule has 0 spiro atoms. The Balaban J connectivity index is 1.36. The minimum Gasteiger partial charge on any atom is -0.493 e. The summed E-state index contributed by atoms with van der Waals surface area (Å²) in [5.41, 5.74) is 3.86. The highest BCUT2D eigenvalue weighted by atomic mass is 35.5. The first-order valence-corrected chi connectivity index (χ1v) is 11.9. The summed E-state index contributed by atoms with van der Waals surface area (Å²) in [7, 11) is 0. The van der Waals surface area contributed by atoms with Gasteiger partial charge in [-0.25, -0.2) is 4.79 Å². The van der Waals surface area contributed by atoms with Gasteiger partial charge in [-0.3, -0.25) is 4.90 Å². The molecule has 2 aromatic carbocycles. The van der Waals surface area contributed by atoms with E-state index in [2.05, 4.69) is 42.3 Å². The monoisotopic (exact) mass is 454 g/mol. The van der Waals surface area contributed by atoms with Crippen LogP contribution < -0.4 is 10.1 Å². The molecule has 1 unspecified atom stereocenters. The van der Waals surface area contributed by atoms with Gasteiger partial charge < -0.3 is 14.8 Å². The van der Waals surface area contributed by atoms with Crippen molar-refractivity contribution < 1.29 is 14.3 Å². The third-order valence-electron chi connectivity index (χ3n) is 7.33. The number of nitrogens with one attached hydrogen (secondary N) is 1. The van der Waals surface area contributed by atoms with Crippen molar-refractivity contribution >= 4 is 17.7 Å². The van der Waals surface area contributed by atoms with Gasteiger partial charge in [-0.1, -0.05) is 49.7 Å². The van der Waals surface area contributed by atoms with Gasteiger partial charge in [0.05, 0.1) is 12.6 Å². The second kappa shape index (κ2) is 8.27. The van der Waals surface area contributed by atoms with Gasteiger partial charge in [0.25, 0.3) is 0 Å². The van der Waals surface area contributed by atoms with E-state index < -0.39 is 0 Å². The molecule has 0 aromatic heterocycles. The summed E-state index contributed by atoms with van der Waals surface area (Å²) in [4.78, 5) is 15.3. The number of aryl methyl sites for hydroxylation is 1. The van der Waals surface area contributed by atoms with Gasteiger partial charge in [0.1, 0.15) is 11.9 Å². The quantitative estimate of drug-likeness (QED) is 0.656. The fraction of sp³-hybridized carbons (Fsp3) is 0.500. The predicted molar refractivity (Wildman–Crippen MR) is 126 cm³/mol. The Morgan fingerprint density at radius 2 is 1.88 bits per heavy atom. The van der Waals surface area contributed by atoms with Crippen molar-refractivity contribution in [3.05, 3.63) is 52.5 Å². The number of fused-ring (bicyclic) bond motifs is 4. The normalized spacial score (nSPS) is 27.9. The van der Waals surface area contributed by atoms with Crippen molar-refractivity contribution in [2.75, 3.05) is 26.2 Å². The predicted octanol–water partition coefficient (Wildman–Crippen LogP) is 5.60. The minimum atomic E-state index is -0.330. The van der Waals surface area contributed by atoms with Crippen LogP contribution in [0.15, 0.2) is 36.4 Å². The molecule has 3 saturated heterocycles. The van der Waals surface area contributed by atoms with Crippen molar-refractivity contribution in [2.24, 2.45) is 11.3 Å². The summed E-state index contributed by atoms with van der Waals surface area (Å²) in [5.74, 6) is 1.29. The fourth-order valence-corrected chi connectivity index (χ4v) is 5.41. The zero-order chi connectivity index (χ0) is 22.5. The van der Waals surface area contributed by atoms with Gasteiger partial charge in [0.15, 0.2) is 0 Å². The van der Waals surface area contributed by atoms with Gasteiger partial charge in [0, 0.05) is 22.5 Å². The van der Waals surface area contributed by atoms with E-state index in [-0.39, 0.29) is 23.7 Å². The van der Waals surface area contributed by atoms with E-state index in [0.29, 0.717) is 12.5 Å². The third kappa shape index (κ3) is 4.08. The first kappa shape index (κ1) is 21.6. The van der Waals surface area contributed by atoms with Crippen molar-refractivity contribution in [2.45, 2.75) is 45.8 Å². The summed E-state index contributed by atoms with van der Waals surface area (Å²) in [6, 6.07) is 12.0. The van der Waals surface area contributed by atoms with Crippen LogP contribution in [0.5, 0.6) is 5.75 Å². The van der Waals surface area contributed by atoms with E-state index >= 15 is 0 Å². The lowest BCUT2D eigenvalue weighted by molar-refractivity contribution is -0.0361. The zero-order valence-electron chi connectivity index (χ0n) is 19.0. The molecule has 2 aromatic rings. The maximum absolute atomic E-state index is 12.9. The Morgan fingerprint density at radius 1 is 1.16 bits per heavy atom. The summed E-state index contributed by atoms with van der Waals surface area (Å²) < 4.78 is 12.0. The number of piperidine rings is 3. The SMILES string of the molecule is Cc1ccc(-c2ccc3c(c2)OCC(C)(C)C3NC(=O)O[C@H]2CN3CCC2CC3)cc1Cl. The highest BCUT2D eigenvalue weighted by Gasteiger charge is 2.41. The Hall–Kier alpha value is -2.24. The smallest absolute Gasteiger partial charge is 0.407 e. The number of carbonyl (C=O) groups excluding carboxylic acids is 1. The molecular formula is C26H31ClN2O3. The van der Waals surface area contributed by atoms with Gasteiger partial charge in [-0.15, -0.1) is 0 Å². The first-order chi connectivity index (χ1) is 15.3. The van der Waals surface area contributed by atoms with Crippen LogP contribution in [0.3, 0.4) is 0 Å². The average molecular weight is 455 g/mol. The Labute approximate surface area is 195 Å². The highest BCUT2D eigenvalue weighted by molar-refractivity contribution is 6.31. The lowest BCUT2D eigenvalue weighted by Gasteiger charge is -2.44. The molecule has 4 heterocycles. The van der Waals surface area contributed by atoms with Gasteiger partial charge in [0.2, 0.25) is 0 Å². The largest absolute Gasteiger partial charge is 0.493 e. The van der Waals surface area contributed by atoms with Crippen molar-refractivity contribution in [1.82, 2.24) is 10.2 Å². The van der Waals surface area contributed by atoms with Crippen LogP contribution in [-0.2, 0) is 4.74 Å². The summed E-state index contributed by atoms with van der Waals surface area (Å²) in [5, 5.41) is 3.91. The summed E-state index contributed by atoms with van der Waals surface area (Å²) in [6.07, 6.45) is 1.91. The van der Waals surface area contributed by atoms with E-state index in [1.165, 1.54) is 0 Å². The molecule has 6 heteroatoms. The molecule has 2 bridgehead atoms. The molecular weight excluding hydrogens is 424 g/mol. The molecule has 3 fully saturated rings. The van der Waals surface area contributed by atoms with Crippen LogP contribution in [0.2, 0.25) is 5.02 Å². The molecule has 5 nitrogen and oxygen atoms in total. The van der Waals surface area contributed by atoms with Crippen molar-refractivity contribution in [3.8, 4) is 16.9 Å². The van der Waals surface area contributed by atoms with Crippen molar-refractivity contribution in [3.63, 3.8) is 0 Å². The second-order valence-corrected chi connectivity index (χ2v) is 10.6. The van der Waals surface area contributed by atoms with Crippen LogP contribution in [0.1, 0.15) is 43.9 Å². The molecule has 6 rings (SSSR count). The molecule has 1 N–H and O–H groups in total. The Kier molecular flexibility index (Phi) is 5.58. The molecule has 32 heavy (non-hydrogen) atoms. The first-order valence-electron chi connectivity index (χ1n) is 11.5. The highest BCUT2D eigenvalue weighted by Crippen LogP contribution is 2.44. The molecule has 1 amide bonds. The number of alkyl carbamates (subject to hydrolysis) is 1. The van der Waals surface area contributed by atoms with Gasteiger partial charge >= 0.3 is 6.09 Å². The van der Waals surface area contributed by atoms with Crippen LogP contribution >= 0.6 is 11.6 Å². The maximum atomic E-state index is 12.9. The van der Waals surface area contributed by atoms with Crippen molar-refractivity contribution in [1.29, 1.82) is 0 Å². The minimum absolute atomic E-state index is 0.00594. The molecule has 4 aliphatic rings. The standard InChI is InChI=1S/C26H31ClN2O3/c1-16-4-5-18(12-21(16)27)19-6-7-20-22(13-19)31-15-26(2,3)24(20)28-25(30)32-23-14-29-10-8-17(23)9-11-29/h4-7,12-13,17,23-24H,8-11,14-15H2,1-3H3,(H,28,30)/t23-,24?/m0/s1. The fourth-order valence-electron chi connectivity index (χ4n) is 5.22. The third-order valence-corrected chi connectivity index (χ3v) is 7.73. The molecule has 4 aliphatic heterocycles. The molecule has 170 valence electrons. The molecule has 0 radical (unpaired) electrons. The summed E-state index contributed by atoms with van der Waals surface area (Å²) in [6.45, 7) is 9.85. The number of benzene rings is 2. The summed E-state index contributed by atoms with van der Waals surface area (Å²) >= 11 is 6.33. The lowest BCUT2D eigenvalue weighted by Crippen LogP contribution is -2.53. The number of hydrogen-bond donors (Lipinski definition) is 1. The number of rotatable bonds is 3. The number of amides is 1. The van der Waals surface area contributed by atoms with Crippen LogP contribution in [0, 0.1) is 18.3 Å². The topological polar surface area (TPSA) is 50.8 Å². The van der Waals surface area contributed by atoms with E-state index in [9.17, 15) is 4.79 Å². The van der Waals surface area contributed by atoms with E-state index in [4.69, 9.17) is 21.1 Å². The molecule has 0 aliphatic carbocycles. The number of hydrogen-bond acceptors (Lipinski definition) is 4. The molecule has 0 saturated carbocycles. The number of carbonyl (C=O) groups is 1. The average Bonchev–Trinajstić information content (AvgIpc) is 2.78. The maximum Gasteiger partial charge on any atom is 0.407 e. The van der Waals surface area contributed by atoms with E-state index in [1.807, 2.05) is 25.1 Å². The second-order valence-electron chi connectivity index (χ2n) is 10.2. The van der Waals surface area contributed by atoms with E-state index in [1.54, 1.807) is 0 Å². The zero-order valence-corrected chi connectivity index (χ0v) is 19.7. The van der Waals surface area contributed by atoms with Crippen LogP contribution in [0.25, 0.3) is 11.1 Å². The van der Waals surface area contributed by atoms with Gasteiger partial charge in [-0.05, 0) is 67.6 Å². The van der Waals surface area contributed by atoms with Crippen LogP contribution in [-0.4, -0.2) is 43.3 Å². The van der Waals surface area contributed by atoms with Crippen LogP contribution in [0.4, 0.5) is 4.79 Å². The van der Waals surface area contributed by atoms with E-state index in [0.717, 1.165) is 65.5 Å². The molecule has 2 atom stereocenters.